The Kier molecular flexibility index (Phi) is 5.62. The van der Waals surface area contributed by atoms with Crippen molar-refractivity contribution in [3.05, 3.63) is 69.9 Å². The highest BCUT2D eigenvalue weighted by atomic mass is 19.3. The van der Waals surface area contributed by atoms with E-state index in [0.29, 0.717) is 35.7 Å². The highest BCUT2D eigenvalue weighted by Gasteiger charge is 2.27. The Labute approximate surface area is 202 Å². The number of nitrogens with zero attached hydrogens (tertiary/aromatic N) is 4. The van der Waals surface area contributed by atoms with Gasteiger partial charge in [-0.2, -0.15) is 0 Å². The number of rotatable bonds is 4. The van der Waals surface area contributed by atoms with Crippen LogP contribution in [0.1, 0.15) is 43.0 Å². The molecule has 0 saturated heterocycles. The third-order valence-electron chi connectivity index (χ3n) is 6.76. The maximum atomic E-state index is 14.2. The number of pyridine rings is 1. The van der Waals surface area contributed by atoms with Crippen LogP contribution >= 0.6 is 0 Å². The zero-order valence-electron chi connectivity index (χ0n) is 20.5. The minimum Gasteiger partial charge on any atom is -0.490 e. The summed E-state index contributed by atoms with van der Waals surface area (Å²) in [5.74, 6) is 0.711. The third kappa shape index (κ3) is 3.77. The Bertz CT molecular complexity index is 1490. The lowest BCUT2D eigenvalue weighted by molar-refractivity contribution is 0.152. The molecular weight excluding hydrogens is 450 g/mol. The summed E-state index contributed by atoms with van der Waals surface area (Å²) >= 11 is 0. The third-order valence-corrected chi connectivity index (χ3v) is 6.76. The molecule has 3 heterocycles. The molecule has 6 nitrogen and oxygen atoms in total. The van der Waals surface area contributed by atoms with Gasteiger partial charge in [-0.25, -0.2) is 13.6 Å². The fourth-order valence-electron chi connectivity index (χ4n) is 4.87. The molecule has 0 fully saturated rings. The number of alkyl halides is 2. The van der Waals surface area contributed by atoms with Crippen molar-refractivity contribution in [1.82, 2.24) is 14.1 Å². The maximum absolute atomic E-state index is 14.2. The first kappa shape index (κ1) is 23.1. The topological polar surface area (TPSA) is 52.3 Å². The van der Waals surface area contributed by atoms with E-state index in [1.165, 1.54) is 6.07 Å². The molecule has 0 unspecified atom stereocenters. The van der Waals surface area contributed by atoms with Gasteiger partial charge in [-0.1, -0.05) is 19.9 Å². The Morgan fingerprint density at radius 3 is 2.46 bits per heavy atom. The zero-order chi connectivity index (χ0) is 25.0. The first-order chi connectivity index (χ1) is 16.7. The highest BCUT2D eigenvalue weighted by Crippen LogP contribution is 2.45. The van der Waals surface area contributed by atoms with Gasteiger partial charge >= 0.3 is 5.69 Å². The first-order valence-corrected chi connectivity index (χ1v) is 11.7. The Morgan fingerprint density at radius 1 is 1.03 bits per heavy atom. The van der Waals surface area contributed by atoms with Gasteiger partial charge < -0.3 is 9.64 Å². The molecule has 0 radical (unpaired) electrons. The van der Waals surface area contributed by atoms with Crippen molar-refractivity contribution in [3.63, 3.8) is 0 Å². The molecule has 2 aromatic heterocycles. The van der Waals surface area contributed by atoms with Crippen LogP contribution in [0.25, 0.3) is 22.2 Å². The van der Waals surface area contributed by atoms with Crippen molar-refractivity contribution in [1.29, 1.82) is 0 Å². The summed E-state index contributed by atoms with van der Waals surface area (Å²) in [6.45, 7) is 6.94. The number of ether oxygens (including phenoxy) is 1. The Morgan fingerprint density at radius 2 is 1.80 bits per heavy atom. The van der Waals surface area contributed by atoms with Gasteiger partial charge in [0.05, 0.1) is 23.3 Å². The fraction of sp³-hybridized carbons (Fsp3) is 0.333. The quantitative estimate of drug-likeness (QED) is 0.370. The lowest BCUT2D eigenvalue weighted by Crippen LogP contribution is -2.29. The van der Waals surface area contributed by atoms with Crippen molar-refractivity contribution < 1.29 is 13.5 Å². The number of fused-ring (bicyclic) bond motifs is 2. The van der Waals surface area contributed by atoms with Gasteiger partial charge in [0, 0.05) is 42.8 Å². The second kappa shape index (κ2) is 8.52. The number of benzene rings is 2. The summed E-state index contributed by atoms with van der Waals surface area (Å²) in [4.78, 5) is 18.9. The second-order valence-corrected chi connectivity index (χ2v) is 9.35. The van der Waals surface area contributed by atoms with Crippen molar-refractivity contribution >= 4 is 22.4 Å². The van der Waals surface area contributed by atoms with Crippen molar-refractivity contribution in [2.45, 2.75) is 33.1 Å². The molecule has 8 heteroatoms. The molecule has 4 aromatic rings. The smallest absolute Gasteiger partial charge is 0.328 e. The molecule has 182 valence electrons. The van der Waals surface area contributed by atoms with E-state index in [1.807, 2.05) is 24.0 Å². The van der Waals surface area contributed by atoms with Gasteiger partial charge in [-0.3, -0.25) is 14.1 Å². The van der Waals surface area contributed by atoms with Gasteiger partial charge in [0.15, 0.2) is 0 Å². The van der Waals surface area contributed by atoms with Crippen LogP contribution in [-0.4, -0.2) is 27.3 Å². The summed E-state index contributed by atoms with van der Waals surface area (Å²) in [7, 11) is 3.53. The minimum absolute atomic E-state index is 0.0674. The second-order valence-electron chi connectivity index (χ2n) is 9.35. The Balaban J connectivity index is 1.71. The van der Waals surface area contributed by atoms with Crippen LogP contribution in [0.2, 0.25) is 0 Å². The van der Waals surface area contributed by atoms with Gasteiger partial charge in [0.2, 0.25) is 0 Å². The molecule has 0 saturated carbocycles. The summed E-state index contributed by atoms with van der Waals surface area (Å²) in [5, 5.41) is 0. The van der Waals surface area contributed by atoms with E-state index < -0.39 is 6.43 Å². The number of imidazole rings is 1. The molecule has 0 N–H and O–H groups in total. The predicted molar refractivity (Wildman–Crippen MR) is 134 cm³/mol. The van der Waals surface area contributed by atoms with E-state index in [4.69, 9.17) is 4.74 Å². The SMILES string of the molecule is Cc1ccc(-c2cc3c(cc2C(F)F)N(c2cc(C(C)C)c4c(c2)n(C)c(=O)n4C)CCO3)cn1. The number of aryl methyl sites for hydroxylation is 3. The Hall–Kier alpha value is -3.68. The average molecular weight is 479 g/mol. The van der Waals surface area contributed by atoms with E-state index in [0.717, 1.165) is 28.0 Å². The zero-order valence-corrected chi connectivity index (χ0v) is 20.5. The molecule has 0 amide bonds. The van der Waals surface area contributed by atoms with E-state index in [-0.39, 0.29) is 17.2 Å². The molecule has 2 aromatic carbocycles. The lowest BCUT2D eigenvalue weighted by Gasteiger charge is -2.33. The van der Waals surface area contributed by atoms with E-state index in [2.05, 4.69) is 24.9 Å². The lowest BCUT2D eigenvalue weighted by atomic mass is 9.97. The maximum Gasteiger partial charge on any atom is 0.328 e. The molecular formula is C27H28F2N4O2. The van der Waals surface area contributed by atoms with Gasteiger partial charge in [-0.15, -0.1) is 0 Å². The highest BCUT2D eigenvalue weighted by molar-refractivity contribution is 5.87. The molecule has 0 atom stereocenters. The molecule has 0 spiro atoms. The van der Waals surface area contributed by atoms with Crippen LogP contribution in [0.5, 0.6) is 5.75 Å². The normalized spacial score (nSPS) is 13.6. The van der Waals surface area contributed by atoms with Crippen molar-refractivity contribution in [2.24, 2.45) is 14.1 Å². The predicted octanol–water partition coefficient (Wildman–Crippen LogP) is 5.84. The number of halogens is 2. The van der Waals surface area contributed by atoms with Crippen LogP contribution < -0.4 is 15.3 Å². The summed E-state index contributed by atoms with van der Waals surface area (Å²) in [5.41, 5.74) is 5.85. The molecule has 1 aliphatic rings. The summed E-state index contributed by atoms with van der Waals surface area (Å²) in [6, 6.07) is 10.8. The van der Waals surface area contributed by atoms with Crippen LogP contribution in [0.4, 0.5) is 20.2 Å². The van der Waals surface area contributed by atoms with Gasteiger partial charge in [-0.05, 0) is 54.3 Å². The van der Waals surface area contributed by atoms with Crippen molar-refractivity contribution in [2.75, 3.05) is 18.1 Å². The van der Waals surface area contributed by atoms with Gasteiger partial charge in [0.25, 0.3) is 6.43 Å². The molecule has 5 rings (SSSR count). The average Bonchev–Trinajstić information content (AvgIpc) is 3.06. The molecule has 0 bridgehead atoms. The standard InChI is InChI=1S/C27H28F2N4O2/c1-15(2)19-10-18(11-23-25(19)32(5)27(34)31(23)4)33-8-9-35-24-13-20(17-7-6-16(3)30-14-17)21(26(28)29)12-22(24)33/h6-7,10-15,26H,8-9H2,1-5H3. The first-order valence-electron chi connectivity index (χ1n) is 11.7. The number of anilines is 2. The monoisotopic (exact) mass is 478 g/mol. The van der Waals surface area contributed by atoms with Crippen LogP contribution in [0, 0.1) is 6.92 Å². The largest absolute Gasteiger partial charge is 0.490 e. The number of hydrogen-bond donors (Lipinski definition) is 0. The van der Waals surface area contributed by atoms with E-state index in [9.17, 15) is 13.6 Å². The minimum atomic E-state index is -2.66. The van der Waals surface area contributed by atoms with Crippen LogP contribution in [0.3, 0.4) is 0 Å². The van der Waals surface area contributed by atoms with E-state index in [1.54, 1.807) is 41.6 Å². The number of aromatic nitrogens is 3. The van der Waals surface area contributed by atoms with Crippen LogP contribution in [0.15, 0.2) is 47.4 Å². The number of hydrogen-bond acceptors (Lipinski definition) is 4. The fourth-order valence-corrected chi connectivity index (χ4v) is 4.87. The van der Waals surface area contributed by atoms with Crippen molar-refractivity contribution in [3.8, 4) is 16.9 Å². The molecule has 35 heavy (non-hydrogen) atoms. The summed E-state index contributed by atoms with van der Waals surface area (Å²) < 4.78 is 37.7. The molecule has 1 aliphatic heterocycles. The summed E-state index contributed by atoms with van der Waals surface area (Å²) in [6.07, 6.45) is -1.05. The van der Waals surface area contributed by atoms with E-state index >= 15 is 0 Å². The van der Waals surface area contributed by atoms with Gasteiger partial charge in [0.1, 0.15) is 12.4 Å². The molecule has 0 aliphatic carbocycles. The van der Waals surface area contributed by atoms with Crippen LogP contribution in [-0.2, 0) is 14.1 Å².